The second-order valence-electron chi connectivity index (χ2n) is 4.04. The number of H-pyrrole nitrogens is 1. The predicted octanol–water partition coefficient (Wildman–Crippen LogP) is 0.688. The molecule has 1 unspecified atom stereocenters. The van der Waals surface area contributed by atoms with E-state index in [-0.39, 0.29) is 11.3 Å². The number of anilines is 1. The van der Waals surface area contributed by atoms with Gasteiger partial charge in [-0.1, -0.05) is 6.92 Å². The fourth-order valence-corrected chi connectivity index (χ4v) is 5.46. The Morgan fingerprint density at radius 3 is 3.05 bits per heavy atom. The summed E-state index contributed by atoms with van der Waals surface area (Å²) in [6.45, 7) is 2.23. The Labute approximate surface area is 129 Å². The number of nitrogens with zero attached hydrogens (tertiary/aromatic N) is 2. The van der Waals surface area contributed by atoms with E-state index in [1.54, 1.807) is 23.6 Å². The summed E-state index contributed by atoms with van der Waals surface area (Å²) in [5.74, 6) is 1.90. The number of hydrogen-bond acceptors (Lipinski definition) is 6. The van der Waals surface area contributed by atoms with Gasteiger partial charge < -0.3 is 9.88 Å². The Balaban J connectivity index is 2.46. The zero-order chi connectivity index (χ0) is 14.0. The molecule has 1 aromatic heterocycles. The maximum Gasteiger partial charge on any atom is 0.266 e. The van der Waals surface area contributed by atoms with E-state index in [0.717, 1.165) is 5.75 Å². The van der Waals surface area contributed by atoms with Crippen molar-refractivity contribution in [1.82, 2.24) is 9.97 Å². The van der Waals surface area contributed by atoms with E-state index in [4.69, 9.17) is 0 Å². The average Bonchev–Trinajstić information content (AvgIpc) is 2.42. The van der Waals surface area contributed by atoms with Gasteiger partial charge in [0.15, 0.2) is 15.7 Å². The van der Waals surface area contributed by atoms with Crippen LogP contribution in [-0.2, 0) is 9.84 Å². The largest absolute Gasteiger partial charge is 0.337 e. The van der Waals surface area contributed by atoms with Crippen LogP contribution in [0.4, 0.5) is 5.82 Å². The van der Waals surface area contributed by atoms with Gasteiger partial charge in [-0.05, 0) is 22.6 Å². The lowest BCUT2D eigenvalue weighted by Gasteiger charge is -2.35. The SMILES string of the molecule is CCS(=O)(=O)C1CSCCN1c1nc[nH]c(=O)c1I. The van der Waals surface area contributed by atoms with Gasteiger partial charge in [0.1, 0.15) is 8.94 Å². The van der Waals surface area contributed by atoms with Gasteiger partial charge in [0.05, 0.1) is 6.33 Å². The number of nitrogens with one attached hydrogen (secondary N) is 1. The third-order valence-corrected chi connectivity index (χ3v) is 7.21. The number of sulfone groups is 1. The zero-order valence-corrected chi connectivity index (χ0v) is 14.1. The summed E-state index contributed by atoms with van der Waals surface area (Å²) in [4.78, 5) is 20.0. The molecule has 1 aliphatic heterocycles. The summed E-state index contributed by atoms with van der Waals surface area (Å²) < 4.78 is 24.8. The third kappa shape index (κ3) is 3.07. The molecule has 9 heteroatoms. The first-order chi connectivity index (χ1) is 8.97. The summed E-state index contributed by atoms with van der Waals surface area (Å²) >= 11 is 3.52. The number of rotatable bonds is 3. The molecule has 1 N–H and O–H groups in total. The Morgan fingerprint density at radius 2 is 2.37 bits per heavy atom. The highest BCUT2D eigenvalue weighted by molar-refractivity contribution is 14.1. The van der Waals surface area contributed by atoms with Crippen LogP contribution in [0.1, 0.15) is 6.92 Å². The third-order valence-electron chi connectivity index (χ3n) is 2.95. The van der Waals surface area contributed by atoms with Crippen molar-refractivity contribution >= 4 is 50.0 Å². The van der Waals surface area contributed by atoms with Crippen molar-refractivity contribution in [2.75, 3.05) is 28.7 Å². The molecule has 0 aliphatic carbocycles. The molecule has 1 saturated heterocycles. The number of aromatic nitrogens is 2. The number of halogens is 1. The maximum absolute atomic E-state index is 12.2. The first-order valence-electron chi connectivity index (χ1n) is 5.76. The lowest BCUT2D eigenvalue weighted by molar-refractivity contribution is 0.578. The van der Waals surface area contributed by atoms with Crippen LogP contribution in [0.25, 0.3) is 0 Å². The molecule has 0 saturated carbocycles. The van der Waals surface area contributed by atoms with Crippen molar-refractivity contribution in [3.63, 3.8) is 0 Å². The first kappa shape index (κ1) is 15.1. The fourth-order valence-electron chi connectivity index (χ4n) is 1.89. The van der Waals surface area contributed by atoms with Gasteiger partial charge in [0, 0.05) is 23.8 Å². The number of thioether (sulfide) groups is 1. The standard InChI is InChI=1S/C10H14IN3O3S2/c1-2-19(16,17)7-5-18-4-3-14(7)9-8(11)10(15)13-6-12-9/h6-7H,2-5H2,1H3,(H,12,13,15). The van der Waals surface area contributed by atoms with Crippen LogP contribution in [-0.4, -0.2) is 47.6 Å². The van der Waals surface area contributed by atoms with Gasteiger partial charge in [-0.15, -0.1) is 0 Å². The van der Waals surface area contributed by atoms with Gasteiger partial charge in [0.2, 0.25) is 0 Å². The lowest BCUT2D eigenvalue weighted by Crippen LogP contribution is -2.49. The predicted molar refractivity (Wildman–Crippen MR) is 85.5 cm³/mol. The normalized spacial score (nSPS) is 20.5. The zero-order valence-electron chi connectivity index (χ0n) is 10.3. The van der Waals surface area contributed by atoms with Crippen molar-refractivity contribution in [3.8, 4) is 0 Å². The second kappa shape index (κ2) is 6.00. The van der Waals surface area contributed by atoms with Crippen LogP contribution in [0.5, 0.6) is 0 Å². The molecule has 1 aliphatic rings. The van der Waals surface area contributed by atoms with Crippen LogP contribution in [0, 0.1) is 3.57 Å². The van der Waals surface area contributed by atoms with Gasteiger partial charge in [0.25, 0.3) is 5.56 Å². The first-order valence-corrected chi connectivity index (χ1v) is 9.71. The number of hydrogen-bond donors (Lipinski definition) is 1. The van der Waals surface area contributed by atoms with Gasteiger partial charge >= 0.3 is 0 Å². The molecule has 1 aromatic rings. The van der Waals surface area contributed by atoms with Gasteiger partial charge in [-0.3, -0.25) is 4.79 Å². The lowest BCUT2D eigenvalue weighted by atomic mass is 10.4. The van der Waals surface area contributed by atoms with E-state index >= 15 is 0 Å². The maximum atomic E-state index is 12.2. The minimum Gasteiger partial charge on any atom is -0.337 e. The highest BCUT2D eigenvalue weighted by atomic mass is 127. The molecule has 0 radical (unpaired) electrons. The number of aromatic amines is 1. The molecule has 6 nitrogen and oxygen atoms in total. The molecular weight excluding hydrogens is 401 g/mol. The smallest absolute Gasteiger partial charge is 0.266 e. The molecule has 2 heterocycles. The summed E-state index contributed by atoms with van der Waals surface area (Å²) in [6, 6.07) is 0. The van der Waals surface area contributed by atoms with Crippen LogP contribution >= 0.6 is 34.4 Å². The Morgan fingerprint density at radius 1 is 1.63 bits per heavy atom. The minimum atomic E-state index is -3.20. The molecule has 0 aromatic carbocycles. The molecule has 2 rings (SSSR count). The average molecular weight is 415 g/mol. The van der Waals surface area contributed by atoms with E-state index in [1.807, 2.05) is 22.6 Å². The van der Waals surface area contributed by atoms with E-state index in [9.17, 15) is 13.2 Å². The highest BCUT2D eigenvalue weighted by Crippen LogP contribution is 2.27. The van der Waals surface area contributed by atoms with Gasteiger partial charge in [-0.25, -0.2) is 13.4 Å². The molecule has 0 spiro atoms. The van der Waals surface area contributed by atoms with Crippen LogP contribution < -0.4 is 10.5 Å². The monoisotopic (exact) mass is 415 g/mol. The molecular formula is C10H14IN3O3S2. The summed E-state index contributed by atoms with van der Waals surface area (Å²) in [6.07, 6.45) is 1.32. The summed E-state index contributed by atoms with van der Waals surface area (Å²) in [7, 11) is -3.20. The van der Waals surface area contributed by atoms with Crippen LogP contribution in [0.3, 0.4) is 0 Å². The van der Waals surface area contributed by atoms with Crippen molar-refractivity contribution in [2.45, 2.75) is 12.3 Å². The van der Waals surface area contributed by atoms with E-state index in [1.165, 1.54) is 6.33 Å². The van der Waals surface area contributed by atoms with Crippen LogP contribution in [0.2, 0.25) is 0 Å². The van der Waals surface area contributed by atoms with Crippen molar-refractivity contribution in [3.05, 3.63) is 20.3 Å². The van der Waals surface area contributed by atoms with E-state index in [2.05, 4.69) is 9.97 Å². The van der Waals surface area contributed by atoms with E-state index in [0.29, 0.717) is 21.7 Å². The van der Waals surface area contributed by atoms with E-state index < -0.39 is 15.2 Å². The van der Waals surface area contributed by atoms with Crippen molar-refractivity contribution in [2.24, 2.45) is 0 Å². The quantitative estimate of drug-likeness (QED) is 0.732. The molecule has 1 fully saturated rings. The molecule has 19 heavy (non-hydrogen) atoms. The summed E-state index contributed by atoms with van der Waals surface area (Å²) in [5.41, 5.74) is -0.239. The molecule has 1 atom stereocenters. The molecule has 106 valence electrons. The second-order valence-corrected chi connectivity index (χ2v) is 8.72. The van der Waals surface area contributed by atoms with Gasteiger partial charge in [-0.2, -0.15) is 11.8 Å². The van der Waals surface area contributed by atoms with Crippen LogP contribution in [0.15, 0.2) is 11.1 Å². The minimum absolute atomic E-state index is 0.0918. The summed E-state index contributed by atoms with van der Waals surface area (Å²) in [5, 5.41) is -0.598. The van der Waals surface area contributed by atoms with Crippen molar-refractivity contribution < 1.29 is 8.42 Å². The Kier molecular flexibility index (Phi) is 4.77. The highest BCUT2D eigenvalue weighted by Gasteiger charge is 2.34. The topological polar surface area (TPSA) is 83.1 Å². The fraction of sp³-hybridized carbons (Fsp3) is 0.600. The Bertz CT molecular complexity index is 617. The molecule has 0 bridgehead atoms. The Hall–Kier alpha value is -0.290. The molecule has 0 amide bonds. The van der Waals surface area contributed by atoms with Crippen molar-refractivity contribution in [1.29, 1.82) is 0 Å².